The zero-order valence-electron chi connectivity index (χ0n) is 9.18. The van der Waals surface area contributed by atoms with Crippen molar-refractivity contribution < 1.29 is 0 Å². The van der Waals surface area contributed by atoms with E-state index in [1.54, 1.807) is 0 Å². The maximum Gasteiger partial charge on any atom is -0.00264 e. The Hall–Kier alpha value is -1.79. The molecule has 0 saturated heterocycles. The largest absolute Gasteiger partial charge is 0.147 e. The van der Waals surface area contributed by atoms with Crippen LogP contribution in [0.15, 0.2) is 60.7 Å². The average molecular weight is 239 g/mol. The standard InChI is InChI=1S/C16H10.ClH/c1-2-8-13-12(7-1)14-9-3-5-11-6-4-10-15(13)16(11)14;/h1-10H;1H. The first-order chi connectivity index (χ1) is 7.95. The van der Waals surface area contributed by atoms with E-state index in [0.29, 0.717) is 0 Å². The number of hydrogen-bond acceptors (Lipinski definition) is 0. The second kappa shape index (κ2) is 3.61. The first-order valence-electron chi connectivity index (χ1n) is 5.57. The fourth-order valence-corrected chi connectivity index (χ4v) is 2.74. The van der Waals surface area contributed by atoms with Gasteiger partial charge in [0.2, 0.25) is 0 Å². The molecule has 1 aliphatic carbocycles. The number of benzene rings is 3. The van der Waals surface area contributed by atoms with Gasteiger partial charge in [0.05, 0.1) is 0 Å². The Balaban J connectivity index is 0.000000902. The van der Waals surface area contributed by atoms with Crippen LogP contribution in [0.2, 0.25) is 0 Å². The van der Waals surface area contributed by atoms with Crippen LogP contribution < -0.4 is 0 Å². The van der Waals surface area contributed by atoms with Crippen LogP contribution >= 0.6 is 12.4 Å². The van der Waals surface area contributed by atoms with E-state index in [1.165, 1.54) is 33.0 Å². The van der Waals surface area contributed by atoms with Crippen LogP contribution in [0, 0.1) is 0 Å². The van der Waals surface area contributed by atoms with E-state index in [-0.39, 0.29) is 12.4 Å². The molecule has 3 aromatic carbocycles. The Morgan fingerprint density at radius 2 is 0.941 bits per heavy atom. The summed E-state index contributed by atoms with van der Waals surface area (Å²) in [4.78, 5) is 0. The highest BCUT2D eigenvalue weighted by atomic mass is 35.5. The Bertz CT molecular complexity index is 656. The van der Waals surface area contributed by atoms with Gasteiger partial charge in [0.25, 0.3) is 0 Å². The molecule has 0 N–H and O–H groups in total. The summed E-state index contributed by atoms with van der Waals surface area (Å²) in [6.07, 6.45) is 0. The minimum atomic E-state index is 0. The maximum atomic E-state index is 2.22. The summed E-state index contributed by atoms with van der Waals surface area (Å²) in [6, 6.07) is 21.8. The van der Waals surface area contributed by atoms with Crippen molar-refractivity contribution in [3.05, 3.63) is 60.7 Å². The molecule has 3 aromatic rings. The highest BCUT2D eigenvalue weighted by Crippen LogP contribution is 2.46. The molecule has 0 amide bonds. The van der Waals surface area contributed by atoms with Crippen LogP contribution in [0.25, 0.3) is 33.0 Å². The summed E-state index contributed by atoms with van der Waals surface area (Å²) in [5, 5.41) is 2.75. The summed E-state index contributed by atoms with van der Waals surface area (Å²) < 4.78 is 0. The minimum Gasteiger partial charge on any atom is -0.147 e. The maximum absolute atomic E-state index is 2.22. The molecule has 0 spiro atoms. The van der Waals surface area contributed by atoms with Crippen molar-refractivity contribution in [3.63, 3.8) is 0 Å². The van der Waals surface area contributed by atoms with Crippen LogP contribution in [0.1, 0.15) is 0 Å². The lowest BCUT2D eigenvalue weighted by atomic mass is 10.0. The van der Waals surface area contributed by atoms with Crippen molar-refractivity contribution in [3.8, 4) is 22.3 Å². The van der Waals surface area contributed by atoms with Crippen molar-refractivity contribution >= 4 is 23.2 Å². The van der Waals surface area contributed by atoms with Gasteiger partial charge in [-0.05, 0) is 33.0 Å². The SMILES string of the molecule is Cl.c1ccc2c(c1)-c1cccc3cccc-2c13. The lowest BCUT2D eigenvalue weighted by molar-refractivity contribution is 1.70. The van der Waals surface area contributed by atoms with Crippen LogP contribution in [-0.4, -0.2) is 0 Å². The number of fused-ring (bicyclic) bond motifs is 3. The number of hydrogen-bond donors (Lipinski definition) is 0. The molecule has 0 unspecified atom stereocenters. The minimum absolute atomic E-state index is 0. The first-order valence-corrected chi connectivity index (χ1v) is 5.57. The second-order valence-corrected chi connectivity index (χ2v) is 4.25. The first kappa shape index (κ1) is 10.4. The molecule has 0 aliphatic heterocycles. The zero-order chi connectivity index (χ0) is 10.5. The van der Waals surface area contributed by atoms with Gasteiger partial charge in [0.1, 0.15) is 0 Å². The molecule has 0 nitrogen and oxygen atoms in total. The summed E-state index contributed by atoms with van der Waals surface area (Å²) in [5.41, 5.74) is 5.50. The van der Waals surface area contributed by atoms with E-state index in [1.807, 2.05) is 0 Å². The third kappa shape index (κ3) is 1.25. The lowest BCUT2D eigenvalue weighted by Crippen LogP contribution is -1.73. The van der Waals surface area contributed by atoms with Gasteiger partial charge in [-0.15, -0.1) is 12.4 Å². The van der Waals surface area contributed by atoms with Crippen molar-refractivity contribution in [2.24, 2.45) is 0 Å². The Morgan fingerprint density at radius 3 is 1.47 bits per heavy atom. The Kier molecular flexibility index (Phi) is 2.20. The second-order valence-electron chi connectivity index (χ2n) is 4.25. The van der Waals surface area contributed by atoms with Crippen molar-refractivity contribution in [1.29, 1.82) is 0 Å². The van der Waals surface area contributed by atoms with Crippen LogP contribution in [-0.2, 0) is 0 Å². The van der Waals surface area contributed by atoms with Crippen LogP contribution in [0.4, 0.5) is 0 Å². The lowest BCUT2D eigenvalue weighted by Gasteiger charge is -2.00. The van der Waals surface area contributed by atoms with E-state index in [2.05, 4.69) is 60.7 Å². The third-order valence-electron chi connectivity index (χ3n) is 3.41. The monoisotopic (exact) mass is 238 g/mol. The molecule has 0 atom stereocenters. The van der Waals surface area contributed by atoms with Gasteiger partial charge in [0, 0.05) is 0 Å². The fourth-order valence-electron chi connectivity index (χ4n) is 2.74. The molecule has 1 heteroatoms. The van der Waals surface area contributed by atoms with E-state index < -0.39 is 0 Å². The normalized spacial score (nSPS) is 11.1. The van der Waals surface area contributed by atoms with E-state index in [9.17, 15) is 0 Å². The average Bonchev–Trinajstić information content (AvgIpc) is 2.68. The Morgan fingerprint density at radius 1 is 0.471 bits per heavy atom. The van der Waals surface area contributed by atoms with E-state index in [0.717, 1.165) is 0 Å². The van der Waals surface area contributed by atoms with Gasteiger partial charge in [-0.3, -0.25) is 0 Å². The van der Waals surface area contributed by atoms with Crippen molar-refractivity contribution in [1.82, 2.24) is 0 Å². The quantitative estimate of drug-likeness (QED) is 0.408. The zero-order valence-corrected chi connectivity index (χ0v) is 10.00. The highest BCUT2D eigenvalue weighted by molar-refractivity contribution is 6.15. The summed E-state index contributed by atoms with van der Waals surface area (Å²) in [6.45, 7) is 0. The molecule has 0 saturated carbocycles. The molecule has 0 radical (unpaired) electrons. The predicted octanol–water partition coefficient (Wildman–Crippen LogP) is 4.91. The molecule has 0 fully saturated rings. The fraction of sp³-hybridized carbons (Fsp3) is 0. The highest BCUT2D eigenvalue weighted by Gasteiger charge is 2.19. The van der Waals surface area contributed by atoms with Gasteiger partial charge >= 0.3 is 0 Å². The molecule has 1 aliphatic rings. The van der Waals surface area contributed by atoms with Crippen molar-refractivity contribution in [2.45, 2.75) is 0 Å². The van der Waals surface area contributed by atoms with Gasteiger partial charge < -0.3 is 0 Å². The van der Waals surface area contributed by atoms with Crippen molar-refractivity contribution in [2.75, 3.05) is 0 Å². The molecule has 0 heterocycles. The summed E-state index contributed by atoms with van der Waals surface area (Å²) >= 11 is 0. The van der Waals surface area contributed by atoms with Gasteiger partial charge in [-0.1, -0.05) is 60.7 Å². The van der Waals surface area contributed by atoms with Gasteiger partial charge in [0.15, 0.2) is 0 Å². The number of halogens is 1. The van der Waals surface area contributed by atoms with E-state index >= 15 is 0 Å². The topological polar surface area (TPSA) is 0 Å². The molecule has 0 aromatic heterocycles. The third-order valence-corrected chi connectivity index (χ3v) is 3.41. The smallest absolute Gasteiger partial charge is 0.00264 e. The number of rotatable bonds is 0. The summed E-state index contributed by atoms with van der Waals surface area (Å²) in [5.74, 6) is 0. The molecular formula is C16H11Cl. The molecule has 17 heavy (non-hydrogen) atoms. The van der Waals surface area contributed by atoms with Gasteiger partial charge in [-0.25, -0.2) is 0 Å². The summed E-state index contributed by atoms with van der Waals surface area (Å²) in [7, 11) is 0. The Labute approximate surface area is 106 Å². The molecule has 0 bridgehead atoms. The van der Waals surface area contributed by atoms with E-state index in [4.69, 9.17) is 0 Å². The predicted molar refractivity (Wildman–Crippen MR) is 75.6 cm³/mol. The molecule has 4 rings (SSSR count). The molecule has 82 valence electrons. The van der Waals surface area contributed by atoms with Crippen LogP contribution in [0.5, 0.6) is 0 Å². The van der Waals surface area contributed by atoms with Crippen LogP contribution in [0.3, 0.4) is 0 Å². The molecular weight excluding hydrogens is 228 g/mol. The van der Waals surface area contributed by atoms with Gasteiger partial charge in [-0.2, -0.15) is 0 Å².